The number of anilines is 1. The monoisotopic (exact) mass is 281 g/mol. The zero-order valence-corrected chi connectivity index (χ0v) is 10.6. The van der Waals surface area contributed by atoms with E-state index in [-0.39, 0.29) is 12.3 Å². The van der Waals surface area contributed by atoms with E-state index in [1.807, 2.05) is 4.57 Å². The molecule has 0 atom stereocenters. The van der Waals surface area contributed by atoms with Crippen LogP contribution < -0.4 is 5.73 Å². The number of hydrogen-bond donors (Lipinski definition) is 1. The topological polar surface area (TPSA) is 70.1 Å². The Bertz CT molecular complexity index is 600. The number of hydrogen-bond acceptors (Lipinski definition) is 4. The molecule has 0 bridgehead atoms. The summed E-state index contributed by atoms with van der Waals surface area (Å²) in [7, 11) is 0. The first-order valence-electron chi connectivity index (χ1n) is 5.95. The Morgan fingerprint density at radius 2 is 2.15 bits per heavy atom. The highest BCUT2D eigenvalue weighted by Crippen LogP contribution is 2.17. The standard InChI is InChI=1S/C13H13F2N3O2/c14-10-7-12(16)11(15)6-9(10)13(19)20-5-1-3-18-4-2-17-8-18/h2,4,6-8H,1,3,5,16H2. The molecule has 0 unspecified atom stereocenters. The number of aryl methyl sites for hydroxylation is 1. The fraction of sp³-hybridized carbons (Fsp3) is 0.231. The van der Waals surface area contributed by atoms with Crippen LogP contribution in [0.3, 0.4) is 0 Å². The molecule has 1 heterocycles. The van der Waals surface area contributed by atoms with Crippen molar-refractivity contribution in [3.8, 4) is 0 Å². The smallest absolute Gasteiger partial charge is 0.341 e. The first kappa shape index (κ1) is 14.0. The summed E-state index contributed by atoms with van der Waals surface area (Å²) in [6.45, 7) is 0.717. The van der Waals surface area contributed by atoms with Crippen molar-refractivity contribution >= 4 is 11.7 Å². The Morgan fingerprint density at radius 3 is 2.85 bits per heavy atom. The van der Waals surface area contributed by atoms with Gasteiger partial charge < -0.3 is 15.0 Å². The Hall–Kier alpha value is -2.44. The number of benzene rings is 1. The minimum Gasteiger partial charge on any atom is -0.462 e. The van der Waals surface area contributed by atoms with Gasteiger partial charge in [-0.2, -0.15) is 0 Å². The fourth-order valence-electron chi connectivity index (χ4n) is 1.63. The molecule has 0 fully saturated rings. The van der Waals surface area contributed by atoms with E-state index in [2.05, 4.69) is 4.98 Å². The van der Waals surface area contributed by atoms with Gasteiger partial charge in [0.1, 0.15) is 11.6 Å². The quantitative estimate of drug-likeness (QED) is 0.517. The van der Waals surface area contributed by atoms with Crippen LogP contribution in [0.15, 0.2) is 30.9 Å². The molecule has 0 spiro atoms. The van der Waals surface area contributed by atoms with E-state index in [4.69, 9.17) is 10.5 Å². The minimum atomic E-state index is -0.910. The van der Waals surface area contributed by atoms with Crippen LogP contribution >= 0.6 is 0 Å². The maximum Gasteiger partial charge on any atom is 0.341 e. The van der Waals surface area contributed by atoms with Crippen LogP contribution in [-0.2, 0) is 11.3 Å². The molecule has 20 heavy (non-hydrogen) atoms. The average molecular weight is 281 g/mol. The van der Waals surface area contributed by atoms with Crippen molar-refractivity contribution in [1.29, 1.82) is 0 Å². The zero-order valence-electron chi connectivity index (χ0n) is 10.6. The van der Waals surface area contributed by atoms with Gasteiger partial charge in [-0.05, 0) is 12.5 Å². The van der Waals surface area contributed by atoms with Gasteiger partial charge >= 0.3 is 5.97 Å². The number of rotatable bonds is 5. The van der Waals surface area contributed by atoms with Gasteiger partial charge in [-0.15, -0.1) is 0 Å². The number of nitrogens with two attached hydrogens (primary N) is 1. The second kappa shape index (κ2) is 6.14. The molecule has 7 heteroatoms. The van der Waals surface area contributed by atoms with Crippen LogP contribution in [0.1, 0.15) is 16.8 Å². The Balaban J connectivity index is 1.87. The lowest BCUT2D eigenvalue weighted by Gasteiger charge is -2.07. The molecule has 2 rings (SSSR count). The van der Waals surface area contributed by atoms with Crippen molar-refractivity contribution in [2.75, 3.05) is 12.3 Å². The molecule has 0 aliphatic carbocycles. The molecular formula is C13H13F2N3O2. The van der Waals surface area contributed by atoms with Crippen molar-refractivity contribution in [1.82, 2.24) is 9.55 Å². The molecule has 0 saturated carbocycles. The highest BCUT2D eigenvalue weighted by atomic mass is 19.1. The van der Waals surface area contributed by atoms with Crippen LogP contribution in [0.25, 0.3) is 0 Å². The molecular weight excluding hydrogens is 268 g/mol. The summed E-state index contributed by atoms with van der Waals surface area (Å²) >= 11 is 0. The largest absolute Gasteiger partial charge is 0.462 e. The lowest BCUT2D eigenvalue weighted by Crippen LogP contribution is -2.11. The zero-order chi connectivity index (χ0) is 14.5. The summed E-state index contributed by atoms with van der Waals surface area (Å²) < 4.78 is 33.3. The molecule has 2 N–H and O–H groups in total. The Morgan fingerprint density at radius 1 is 1.35 bits per heavy atom. The number of carbonyl (C=O) groups excluding carboxylic acids is 1. The van der Waals surface area contributed by atoms with Gasteiger partial charge in [0.2, 0.25) is 0 Å². The van der Waals surface area contributed by atoms with Gasteiger partial charge in [0.25, 0.3) is 0 Å². The van der Waals surface area contributed by atoms with E-state index in [9.17, 15) is 13.6 Å². The lowest BCUT2D eigenvalue weighted by atomic mass is 10.2. The molecule has 0 saturated heterocycles. The summed E-state index contributed by atoms with van der Waals surface area (Å²) in [5.41, 5.74) is 4.38. The van der Waals surface area contributed by atoms with E-state index in [0.717, 1.165) is 12.1 Å². The number of nitrogens with zero attached hydrogens (tertiary/aromatic N) is 2. The molecule has 0 radical (unpaired) electrons. The van der Waals surface area contributed by atoms with Crippen molar-refractivity contribution in [2.45, 2.75) is 13.0 Å². The minimum absolute atomic E-state index is 0.0997. The maximum atomic E-state index is 13.5. The highest BCUT2D eigenvalue weighted by Gasteiger charge is 2.16. The van der Waals surface area contributed by atoms with Gasteiger partial charge in [0.15, 0.2) is 0 Å². The van der Waals surface area contributed by atoms with E-state index in [1.54, 1.807) is 18.7 Å². The molecule has 5 nitrogen and oxygen atoms in total. The number of esters is 1. The van der Waals surface area contributed by atoms with Crippen molar-refractivity contribution in [3.05, 3.63) is 48.1 Å². The van der Waals surface area contributed by atoms with E-state index in [0.29, 0.717) is 13.0 Å². The predicted molar refractivity (Wildman–Crippen MR) is 67.9 cm³/mol. The third-order valence-electron chi connectivity index (χ3n) is 2.66. The molecule has 0 amide bonds. The van der Waals surface area contributed by atoms with Gasteiger partial charge in [0, 0.05) is 25.0 Å². The second-order valence-corrected chi connectivity index (χ2v) is 4.14. The van der Waals surface area contributed by atoms with Gasteiger partial charge in [0.05, 0.1) is 24.2 Å². The van der Waals surface area contributed by atoms with Crippen LogP contribution in [0.5, 0.6) is 0 Å². The van der Waals surface area contributed by atoms with Crippen LogP contribution in [-0.4, -0.2) is 22.1 Å². The van der Waals surface area contributed by atoms with Crippen LogP contribution in [0, 0.1) is 11.6 Å². The molecule has 0 aliphatic rings. The van der Waals surface area contributed by atoms with Crippen LogP contribution in [0.4, 0.5) is 14.5 Å². The van der Waals surface area contributed by atoms with Crippen molar-refractivity contribution < 1.29 is 18.3 Å². The van der Waals surface area contributed by atoms with Crippen molar-refractivity contribution in [2.24, 2.45) is 0 Å². The normalized spacial score (nSPS) is 10.5. The molecule has 106 valence electrons. The summed E-state index contributed by atoms with van der Waals surface area (Å²) in [5.74, 6) is -2.66. The summed E-state index contributed by atoms with van der Waals surface area (Å²) in [5, 5.41) is 0. The predicted octanol–water partition coefficient (Wildman–Crippen LogP) is 1.99. The number of aromatic nitrogens is 2. The third-order valence-corrected chi connectivity index (χ3v) is 2.66. The van der Waals surface area contributed by atoms with E-state index < -0.39 is 23.2 Å². The first-order chi connectivity index (χ1) is 9.58. The molecule has 1 aromatic heterocycles. The summed E-state index contributed by atoms with van der Waals surface area (Å²) in [6, 6.07) is 1.50. The lowest BCUT2D eigenvalue weighted by molar-refractivity contribution is 0.0490. The number of ether oxygens (including phenoxy) is 1. The molecule has 2 aromatic rings. The SMILES string of the molecule is Nc1cc(F)c(C(=O)OCCCn2ccnc2)cc1F. The van der Waals surface area contributed by atoms with Gasteiger partial charge in [-0.3, -0.25) is 0 Å². The highest BCUT2D eigenvalue weighted by molar-refractivity contribution is 5.90. The van der Waals surface area contributed by atoms with Crippen LogP contribution in [0.2, 0.25) is 0 Å². The third kappa shape index (κ3) is 3.31. The van der Waals surface area contributed by atoms with E-state index in [1.165, 1.54) is 0 Å². The molecule has 1 aromatic carbocycles. The number of halogens is 2. The average Bonchev–Trinajstić information content (AvgIpc) is 2.92. The van der Waals surface area contributed by atoms with Gasteiger partial charge in [-0.1, -0.05) is 0 Å². The number of nitrogen functional groups attached to an aromatic ring is 1. The Labute approximate surface area is 114 Å². The summed E-state index contributed by atoms with van der Waals surface area (Å²) in [6.07, 6.45) is 5.59. The summed E-state index contributed by atoms with van der Waals surface area (Å²) in [4.78, 5) is 15.5. The van der Waals surface area contributed by atoms with E-state index >= 15 is 0 Å². The first-order valence-corrected chi connectivity index (χ1v) is 5.95. The molecule has 0 aliphatic heterocycles. The maximum absolute atomic E-state index is 13.5. The number of carbonyl (C=O) groups is 1. The van der Waals surface area contributed by atoms with Gasteiger partial charge in [-0.25, -0.2) is 18.6 Å². The fourth-order valence-corrected chi connectivity index (χ4v) is 1.63. The number of imidazole rings is 1. The Kier molecular flexibility index (Phi) is 4.29. The van der Waals surface area contributed by atoms with Crippen molar-refractivity contribution in [3.63, 3.8) is 0 Å². The second-order valence-electron chi connectivity index (χ2n) is 4.14.